The van der Waals surface area contributed by atoms with Gasteiger partial charge in [-0.3, -0.25) is 19.7 Å². The first-order valence-electron chi connectivity index (χ1n) is 12.1. The normalized spacial score (nSPS) is 12.6. The fourth-order valence-electron chi connectivity index (χ4n) is 3.82. The van der Waals surface area contributed by atoms with Crippen LogP contribution in [0, 0.1) is 29.9 Å². The van der Waals surface area contributed by atoms with Gasteiger partial charge in [0.15, 0.2) is 0 Å². The first-order valence-corrected chi connectivity index (χ1v) is 10.6. The van der Waals surface area contributed by atoms with Gasteiger partial charge < -0.3 is 20.8 Å². The van der Waals surface area contributed by atoms with Gasteiger partial charge in [0.25, 0.3) is 17.5 Å². The standard InChI is InChI=1S/C25H28N4O5/c1-13(2)12-27-25(31)19-8-6-16(11-20(19)34-5)22-21(15(4)28-23(22)24(26)30)18-9-7-17(29(32)33)10-14(18)3/h6-11,13,28H,12H2,1-5H3,(H2,26,30)(H,27,31)/i5D3. The van der Waals surface area contributed by atoms with Gasteiger partial charge >= 0.3 is 0 Å². The Kier molecular flexibility index (Phi) is 5.89. The smallest absolute Gasteiger partial charge is 0.269 e. The minimum absolute atomic E-state index is 0.0153. The molecule has 1 heterocycles. The molecule has 0 aliphatic heterocycles. The summed E-state index contributed by atoms with van der Waals surface area (Å²) < 4.78 is 27.9. The third-order valence-electron chi connectivity index (χ3n) is 5.42. The van der Waals surface area contributed by atoms with Crippen LogP contribution >= 0.6 is 0 Å². The number of rotatable bonds is 8. The third kappa shape index (κ3) is 4.78. The second-order valence-electron chi connectivity index (χ2n) is 8.41. The molecule has 3 aromatic rings. The maximum atomic E-state index is 12.8. The Hall–Kier alpha value is -4.14. The Morgan fingerprint density at radius 2 is 1.94 bits per heavy atom. The van der Waals surface area contributed by atoms with Gasteiger partial charge in [-0.05, 0) is 54.7 Å². The maximum Gasteiger partial charge on any atom is 0.269 e. The summed E-state index contributed by atoms with van der Waals surface area (Å²) in [6, 6.07) is 8.71. The van der Waals surface area contributed by atoms with Crippen LogP contribution in [0.25, 0.3) is 22.3 Å². The van der Waals surface area contributed by atoms with Crippen LogP contribution in [0.4, 0.5) is 5.69 Å². The van der Waals surface area contributed by atoms with Crippen LogP contribution in [0.5, 0.6) is 5.75 Å². The first-order chi connectivity index (χ1) is 17.2. The molecule has 0 spiro atoms. The molecule has 1 aromatic heterocycles. The number of nitro benzene ring substituents is 1. The average molecular weight is 468 g/mol. The first kappa shape index (κ1) is 20.5. The zero-order valence-corrected chi connectivity index (χ0v) is 19.3. The van der Waals surface area contributed by atoms with Gasteiger partial charge in [-0.15, -0.1) is 0 Å². The lowest BCUT2D eigenvalue weighted by Crippen LogP contribution is -2.27. The molecule has 0 atom stereocenters. The molecule has 34 heavy (non-hydrogen) atoms. The number of benzene rings is 2. The second kappa shape index (κ2) is 9.78. The third-order valence-corrected chi connectivity index (χ3v) is 5.42. The van der Waals surface area contributed by atoms with E-state index in [1.54, 1.807) is 26.0 Å². The highest BCUT2D eigenvalue weighted by atomic mass is 16.6. The van der Waals surface area contributed by atoms with Crippen molar-refractivity contribution in [2.75, 3.05) is 13.6 Å². The number of amides is 2. The van der Waals surface area contributed by atoms with Crippen molar-refractivity contribution < 1.29 is 23.4 Å². The molecule has 0 aliphatic carbocycles. The lowest BCUT2D eigenvalue weighted by atomic mass is 9.91. The fraction of sp³-hybridized carbons (Fsp3) is 0.280. The number of non-ortho nitro benzene ring substituents is 1. The highest BCUT2D eigenvalue weighted by molar-refractivity contribution is 6.05. The van der Waals surface area contributed by atoms with Crippen LogP contribution in [-0.2, 0) is 0 Å². The van der Waals surface area contributed by atoms with E-state index < -0.39 is 23.8 Å². The molecule has 2 aromatic carbocycles. The van der Waals surface area contributed by atoms with E-state index in [-0.39, 0.29) is 28.6 Å². The van der Waals surface area contributed by atoms with Crippen LogP contribution < -0.4 is 15.8 Å². The van der Waals surface area contributed by atoms with E-state index in [9.17, 15) is 19.7 Å². The summed E-state index contributed by atoms with van der Waals surface area (Å²) in [7, 11) is -2.84. The number of carbonyl (C=O) groups is 2. The Bertz CT molecular complexity index is 1380. The monoisotopic (exact) mass is 467 g/mol. The molecule has 0 saturated carbocycles. The summed E-state index contributed by atoms with van der Waals surface area (Å²) in [4.78, 5) is 38.9. The number of H-pyrrole nitrogens is 1. The van der Waals surface area contributed by atoms with E-state index in [1.165, 1.54) is 24.3 Å². The van der Waals surface area contributed by atoms with Crippen LogP contribution in [0.3, 0.4) is 0 Å². The molecular weight excluding hydrogens is 436 g/mol. The summed E-state index contributed by atoms with van der Waals surface area (Å²) in [5.74, 6) is -1.30. The molecule has 0 fully saturated rings. The summed E-state index contributed by atoms with van der Waals surface area (Å²) in [6.07, 6.45) is 0. The molecule has 0 radical (unpaired) electrons. The molecule has 9 nitrogen and oxygen atoms in total. The molecule has 2 amide bonds. The van der Waals surface area contributed by atoms with Crippen molar-refractivity contribution in [3.8, 4) is 28.0 Å². The lowest BCUT2D eigenvalue weighted by Gasteiger charge is -2.14. The second-order valence-corrected chi connectivity index (χ2v) is 8.41. The average Bonchev–Trinajstić information content (AvgIpc) is 3.13. The predicted octanol–water partition coefficient (Wildman–Crippen LogP) is 4.37. The number of aromatic nitrogens is 1. The van der Waals surface area contributed by atoms with Crippen molar-refractivity contribution in [1.82, 2.24) is 10.3 Å². The van der Waals surface area contributed by atoms with Gasteiger partial charge in [0.2, 0.25) is 0 Å². The quantitative estimate of drug-likeness (QED) is 0.333. The Morgan fingerprint density at radius 1 is 1.21 bits per heavy atom. The Balaban J connectivity index is 2.25. The number of aryl methyl sites for hydroxylation is 2. The maximum absolute atomic E-state index is 12.8. The minimum Gasteiger partial charge on any atom is -0.496 e. The molecule has 9 heteroatoms. The van der Waals surface area contributed by atoms with E-state index in [0.717, 1.165) is 0 Å². The van der Waals surface area contributed by atoms with Gasteiger partial charge in [0.1, 0.15) is 11.4 Å². The van der Waals surface area contributed by atoms with Crippen molar-refractivity contribution in [3.05, 3.63) is 69.0 Å². The van der Waals surface area contributed by atoms with Crippen molar-refractivity contribution in [2.24, 2.45) is 11.7 Å². The number of aromatic amines is 1. The van der Waals surface area contributed by atoms with Gasteiger partial charge in [0.05, 0.1) is 21.6 Å². The van der Waals surface area contributed by atoms with Crippen molar-refractivity contribution in [2.45, 2.75) is 27.7 Å². The lowest BCUT2D eigenvalue weighted by molar-refractivity contribution is -0.384. The number of hydrogen-bond acceptors (Lipinski definition) is 5. The van der Waals surface area contributed by atoms with Crippen molar-refractivity contribution >= 4 is 17.5 Å². The molecule has 3 rings (SSSR count). The number of nitrogens with two attached hydrogens (primary N) is 1. The summed E-state index contributed by atoms with van der Waals surface area (Å²) in [5, 5.41) is 14.0. The van der Waals surface area contributed by atoms with Gasteiger partial charge in [-0.25, -0.2) is 0 Å². The zero-order valence-electron chi connectivity index (χ0n) is 22.3. The van der Waals surface area contributed by atoms with Gasteiger partial charge in [-0.1, -0.05) is 19.9 Å². The van der Waals surface area contributed by atoms with Crippen molar-refractivity contribution in [3.63, 3.8) is 0 Å². The molecular formula is C25H28N4O5. The number of hydrogen-bond donors (Lipinski definition) is 3. The number of ether oxygens (including phenoxy) is 1. The molecule has 0 unspecified atom stereocenters. The molecule has 0 aliphatic rings. The van der Waals surface area contributed by atoms with Crippen molar-refractivity contribution in [1.29, 1.82) is 0 Å². The van der Waals surface area contributed by atoms with E-state index in [1.807, 2.05) is 13.8 Å². The topological polar surface area (TPSA) is 140 Å². The fourth-order valence-corrected chi connectivity index (χ4v) is 3.82. The molecule has 178 valence electrons. The van der Waals surface area contributed by atoms with Crippen LogP contribution in [0.15, 0.2) is 36.4 Å². The van der Waals surface area contributed by atoms with E-state index in [0.29, 0.717) is 40.1 Å². The number of carbonyl (C=O) groups excluding carboxylic acids is 2. The van der Waals surface area contributed by atoms with Gasteiger partial charge in [0, 0.05) is 35.5 Å². The number of primary amides is 1. The van der Waals surface area contributed by atoms with E-state index >= 15 is 0 Å². The predicted molar refractivity (Wildman–Crippen MR) is 130 cm³/mol. The summed E-state index contributed by atoms with van der Waals surface area (Å²) in [5.41, 5.74) is 8.67. The highest BCUT2D eigenvalue weighted by Crippen LogP contribution is 2.41. The molecule has 0 saturated heterocycles. The number of methoxy groups -OCH3 is 1. The molecule has 4 N–H and O–H groups in total. The Labute approximate surface area is 201 Å². The van der Waals surface area contributed by atoms with Crippen LogP contribution in [-0.4, -0.2) is 35.3 Å². The number of nitrogens with zero attached hydrogens (tertiary/aromatic N) is 1. The number of nitrogens with one attached hydrogen (secondary N) is 2. The highest BCUT2D eigenvalue weighted by Gasteiger charge is 2.24. The van der Waals surface area contributed by atoms with Crippen LogP contribution in [0.2, 0.25) is 0 Å². The summed E-state index contributed by atoms with van der Waals surface area (Å²) in [6.45, 7) is 7.64. The molecule has 0 bridgehead atoms. The van der Waals surface area contributed by atoms with E-state index in [4.69, 9.17) is 14.6 Å². The Morgan fingerprint density at radius 3 is 2.53 bits per heavy atom. The largest absolute Gasteiger partial charge is 0.496 e. The van der Waals surface area contributed by atoms with E-state index in [2.05, 4.69) is 10.3 Å². The van der Waals surface area contributed by atoms with Gasteiger partial charge in [-0.2, -0.15) is 0 Å². The SMILES string of the molecule is [2H]C([2H])([2H])Oc1cc(-c2c(C(N)=O)[nH]c(C)c2-c2ccc([N+](=O)[O-])cc2C)ccc1C(=O)NCC(C)C. The van der Waals surface area contributed by atoms with Crippen LogP contribution in [0.1, 0.15) is 50.1 Å². The summed E-state index contributed by atoms with van der Waals surface area (Å²) >= 11 is 0. The zero-order chi connectivity index (χ0) is 27.7. The number of nitro groups is 1. The minimum atomic E-state index is -2.84.